The summed E-state index contributed by atoms with van der Waals surface area (Å²) < 4.78 is 1.18. The second kappa shape index (κ2) is 8.86. The van der Waals surface area contributed by atoms with Crippen LogP contribution in [-0.2, 0) is 24.3 Å². The fourth-order valence-electron chi connectivity index (χ4n) is 3.89. The van der Waals surface area contributed by atoms with Crippen molar-refractivity contribution >= 4 is 56.2 Å². The Bertz CT molecular complexity index is 1150. The Morgan fingerprint density at radius 2 is 1.87 bits per heavy atom. The predicted octanol–water partition coefficient (Wildman–Crippen LogP) is 5.96. The first-order chi connectivity index (χ1) is 14.2. The zero-order valence-corrected chi connectivity index (χ0v) is 19.0. The summed E-state index contributed by atoms with van der Waals surface area (Å²) in [6.07, 6.45) is 0.976. The molecule has 4 nitrogen and oxygen atoms in total. The average Bonchev–Trinajstić information content (AvgIpc) is 3.28. The van der Waals surface area contributed by atoms with Crippen molar-refractivity contribution in [2.45, 2.75) is 26.4 Å². The molecule has 5 rings (SSSR count). The molecule has 154 valence electrons. The largest absolute Gasteiger partial charge is 0.317 e. The lowest BCUT2D eigenvalue weighted by Gasteiger charge is -2.27. The molecule has 0 bridgehead atoms. The Balaban J connectivity index is 0.00000218. The van der Waals surface area contributed by atoms with Crippen LogP contribution in [0.15, 0.2) is 54.6 Å². The van der Waals surface area contributed by atoms with Crippen LogP contribution in [0.5, 0.6) is 0 Å². The van der Waals surface area contributed by atoms with Crippen molar-refractivity contribution in [1.82, 2.24) is 9.88 Å². The maximum Gasteiger partial charge on any atom is 0.221 e. The van der Waals surface area contributed by atoms with Crippen LogP contribution < -0.4 is 5.32 Å². The predicted molar refractivity (Wildman–Crippen MR) is 129 cm³/mol. The Labute approximate surface area is 190 Å². The second-order valence-corrected chi connectivity index (χ2v) is 9.46. The number of amides is 1. The van der Waals surface area contributed by atoms with Crippen molar-refractivity contribution in [3.05, 3.63) is 70.6 Å². The van der Waals surface area contributed by atoms with Crippen LogP contribution in [0.3, 0.4) is 0 Å². The number of aromatic nitrogens is 1. The summed E-state index contributed by atoms with van der Waals surface area (Å²) in [7, 11) is 0. The minimum Gasteiger partial charge on any atom is -0.317 e. The van der Waals surface area contributed by atoms with Crippen LogP contribution >= 0.6 is 35.1 Å². The molecule has 0 aliphatic carbocycles. The number of halogens is 1. The Kier molecular flexibility index (Phi) is 6.20. The molecule has 1 aliphatic rings. The molecule has 0 unspecified atom stereocenters. The van der Waals surface area contributed by atoms with Gasteiger partial charge in [0.2, 0.25) is 5.91 Å². The molecular formula is C23H22ClN3OS2. The Morgan fingerprint density at radius 3 is 2.63 bits per heavy atom. The van der Waals surface area contributed by atoms with Crippen LogP contribution in [0, 0.1) is 0 Å². The van der Waals surface area contributed by atoms with E-state index in [4.69, 9.17) is 4.98 Å². The summed E-state index contributed by atoms with van der Waals surface area (Å²) in [6, 6.07) is 18.8. The van der Waals surface area contributed by atoms with Crippen LogP contribution in [0.4, 0.5) is 5.00 Å². The van der Waals surface area contributed by atoms with E-state index in [0.29, 0.717) is 0 Å². The van der Waals surface area contributed by atoms with Crippen LogP contribution in [0.1, 0.15) is 22.9 Å². The zero-order valence-electron chi connectivity index (χ0n) is 16.6. The van der Waals surface area contributed by atoms with Gasteiger partial charge in [0.1, 0.15) is 10.0 Å². The summed E-state index contributed by atoms with van der Waals surface area (Å²) in [5, 5.41) is 5.00. The monoisotopic (exact) mass is 455 g/mol. The lowest BCUT2D eigenvalue weighted by molar-refractivity contribution is -0.114. The number of hydrogen-bond acceptors (Lipinski definition) is 5. The standard InChI is InChI=1S/C23H21N3OS2.ClH/c1-15(27)24-22-21(23-25-18-9-5-6-10-19(18)28-23)17-11-12-26(14-20(17)29-22)13-16-7-3-2-4-8-16;/h2-10H,11-14H2,1H3,(H,24,27);1H. The van der Waals surface area contributed by atoms with Gasteiger partial charge < -0.3 is 5.32 Å². The maximum atomic E-state index is 11.9. The molecule has 3 heterocycles. The first-order valence-electron chi connectivity index (χ1n) is 9.72. The summed E-state index contributed by atoms with van der Waals surface area (Å²) in [5.74, 6) is -0.0351. The fourth-order valence-corrected chi connectivity index (χ4v) is 6.33. The molecule has 0 saturated carbocycles. The number of para-hydroxylation sites is 1. The van der Waals surface area contributed by atoms with E-state index in [1.54, 1.807) is 29.6 Å². The van der Waals surface area contributed by atoms with Crippen molar-refractivity contribution in [3.8, 4) is 10.6 Å². The first kappa shape index (κ1) is 21.0. The number of carbonyl (C=O) groups excluding carboxylic acids is 1. The van der Waals surface area contributed by atoms with E-state index in [9.17, 15) is 4.79 Å². The topological polar surface area (TPSA) is 45.2 Å². The molecule has 2 aromatic carbocycles. The third kappa shape index (κ3) is 4.14. The van der Waals surface area contributed by atoms with Crippen LogP contribution in [0.25, 0.3) is 20.8 Å². The van der Waals surface area contributed by atoms with E-state index in [0.717, 1.165) is 47.1 Å². The highest BCUT2D eigenvalue weighted by molar-refractivity contribution is 7.22. The van der Waals surface area contributed by atoms with E-state index >= 15 is 0 Å². The highest BCUT2D eigenvalue weighted by Crippen LogP contribution is 2.45. The molecule has 0 atom stereocenters. The van der Waals surface area contributed by atoms with Gasteiger partial charge in [0.25, 0.3) is 0 Å². The minimum atomic E-state index is -0.0351. The summed E-state index contributed by atoms with van der Waals surface area (Å²) in [4.78, 5) is 20.6. The first-order valence-corrected chi connectivity index (χ1v) is 11.3. The number of anilines is 1. The zero-order chi connectivity index (χ0) is 19.8. The molecule has 1 aliphatic heterocycles. The van der Waals surface area contributed by atoms with E-state index in [1.165, 1.54) is 20.7 Å². The molecule has 0 saturated heterocycles. The highest BCUT2D eigenvalue weighted by atomic mass is 35.5. The van der Waals surface area contributed by atoms with Gasteiger partial charge >= 0.3 is 0 Å². The molecule has 4 aromatic rings. The summed E-state index contributed by atoms with van der Waals surface area (Å²) in [5.41, 5.74) is 4.83. The van der Waals surface area contributed by atoms with Gasteiger partial charge in [-0.2, -0.15) is 0 Å². The smallest absolute Gasteiger partial charge is 0.221 e. The molecule has 0 spiro atoms. The third-order valence-electron chi connectivity index (χ3n) is 5.18. The minimum absolute atomic E-state index is 0. The molecule has 7 heteroatoms. The lowest BCUT2D eigenvalue weighted by Crippen LogP contribution is -2.29. The second-order valence-electron chi connectivity index (χ2n) is 7.32. The SMILES string of the molecule is CC(=O)Nc1sc2c(c1-c1nc3ccccc3s1)CCN(Cc1ccccc1)C2.Cl. The van der Waals surface area contributed by atoms with Gasteiger partial charge in [-0.25, -0.2) is 4.98 Å². The third-order valence-corrected chi connectivity index (χ3v) is 7.37. The molecule has 30 heavy (non-hydrogen) atoms. The number of nitrogens with one attached hydrogen (secondary N) is 1. The van der Waals surface area contributed by atoms with Gasteiger partial charge in [-0.05, 0) is 29.7 Å². The summed E-state index contributed by atoms with van der Waals surface area (Å²) >= 11 is 3.41. The van der Waals surface area contributed by atoms with Gasteiger partial charge in [0.05, 0.1) is 10.2 Å². The van der Waals surface area contributed by atoms with E-state index < -0.39 is 0 Å². The molecular weight excluding hydrogens is 434 g/mol. The van der Waals surface area contributed by atoms with Crippen molar-refractivity contribution < 1.29 is 4.79 Å². The van der Waals surface area contributed by atoms with E-state index in [2.05, 4.69) is 46.6 Å². The van der Waals surface area contributed by atoms with Gasteiger partial charge in [-0.3, -0.25) is 9.69 Å². The number of rotatable bonds is 4. The molecule has 1 N–H and O–H groups in total. The van der Waals surface area contributed by atoms with Crippen molar-refractivity contribution in [3.63, 3.8) is 0 Å². The van der Waals surface area contributed by atoms with Gasteiger partial charge in [-0.1, -0.05) is 42.5 Å². The fraction of sp³-hybridized carbons (Fsp3) is 0.217. The Hall–Kier alpha value is -2.25. The Morgan fingerprint density at radius 1 is 1.10 bits per heavy atom. The van der Waals surface area contributed by atoms with Crippen molar-refractivity contribution in [2.75, 3.05) is 11.9 Å². The van der Waals surface area contributed by atoms with E-state index in [1.807, 2.05) is 18.2 Å². The molecule has 0 radical (unpaired) electrons. The van der Waals surface area contributed by atoms with Gasteiger partial charge in [0.15, 0.2) is 0 Å². The van der Waals surface area contributed by atoms with E-state index in [-0.39, 0.29) is 18.3 Å². The quantitative estimate of drug-likeness (QED) is 0.412. The normalized spacial score (nSPS) is 13.6. The summed E-state index contributed by atoms with van der Waals surface area (Å²) in [6.45, 7) is 4.44. The number of carbonyl (C=O) groups is 1. The van der Waals surface area contributed by atoms with Crippen LogP contribution in [0.2, 0.25) is 0 Å². The number of thiazole rings is 1. The number of benzene rings is 2. The van der Waals surface area contributed by atoms with Gasteiger partial charge in [0, 0.05) is 37.0 Å². The van der Waals surface area contributed by atoms with Crippen molar-refractivity contribution in [1.29, 1.82) is 0 Å². The lowest BCUT2D eigenvalue weighted by atomic mass is 10.0. The average molecular weight is 456 g/mol. The highest BCUT2D eigenvalue weighted by Gasteiger charge is 2.27. The van der Waals surface area contributed by atoms with Crippen LogP contribution in [-0.4, -0.2) is 22.3 Å². The number of thiophene rings is 1. The number of nitrogens with zero attached hydrogens (tertiary/aromatic N) is 2. The molecule has 0 fully saturated rings. The number of fused-ring (bicyclic) bond motifs is 2. The number of hydrogen-bond donors (Lipinski definition) is 1. The maximum absolute atomic E-state index is 11.9. The molecule has 2 aromatic heterocycles. The van der Waals surface area contributed by atoms with Crippen molar-refractivity contribution in [2.24, 2.45) is 0 Å². The van der Waals surface area contributed by atoms with Gasteiger partial charge in [-0.15, -0.1) is 35.1 Å². The molecule has 1 amide bonds.